The highest BCUT2D eigenvalue weighted by Crippen LogP contribution is 2.34. The van der Waals surface area contributed by atoms with Gasteiger partial charge in [0.05, 0.1) is 10.7 Å². The molecule has 0 aromatic heterocycles. The molecular formula is C7H6F8N4O6. The van der Waals surface area contributed by atoms with Crippen LogP contribution in [0.15, 0.2) is 0 Å². The SMILES string of the molecule is O=C(OCC(CCC(F)([N+](=O)[O-])[N+](=O)[O-])(N(F)F)N(F)F)C(F)(F)F. The third kappa shape index (κ3) is 5.05. The predicted molar refractivity (Wildman–Crippen MR) is 54.9 cm³/mol. The van der Waals surface area contributed by atoms with Gasteiger partial charge in [-0.15, -0.1) is 0 Å². The zero-order valence-electron chi connectivity index (χ0n) is 11.4. The van der Waals surface area contributed by atoms with E-state index in [1.807, 2.05) is 0 Å². The normalized spacial score (nSPS) is 13.2. The number of carbonyl (C=O) groups excluding carboxylic acids is 1. The fourth-order valence-electron chi connectivity index (χ4n) is 1.27. The monoisotopic (exact) mass is 394 g/mol. The minimum atomic E-state index is -5.76. The van der Waals surface area contributed by atoms with Gasteiger partial charge in [-0.05, 0) is 0 Å². The summed E-state index contributed by atoms with van der Waals surface area (Å²) in [6, 6.07) is 0. The van der Waals surface area contributed by atoms with Crippen molar-refractivity contribution in [3.05, 3.63) is 20.2 Å². The Kier molecular flexibility index (Phi) is 6.95. The van der Waals surface area contributed by atoms with Gasteiger partial charge in [-0.1, -0.05) is 22.3 Å². The van der Waals surface area contributed by atoms with Crippen molar-refractivity contribution in [2.24, 2.45) is 0 Å². The van der Waals surface area contributed by atoms with Crippen LogP contribution in [0.3, 0.4) is 0 Å². The first kappa shape index (κ1) is 22.6. The number of rotatable bonds is 9. The first-order chi connectivity index (χ1) is 11.1. The number of ether oxygens (including phenoxy) is 1. The van der Waals surface area contributed by atoms with Crippen LogP contribution in [0.1, 0.15) is 12.8 Å². The van der Waals surface area contributed by atoms with Crippen molar-refractivity contribution in [1.29, 1.82) is 0 Å². The molecule has 0 heterocycles. The van der Waals surface area contributed by atoms with E-state index < -0.39 is 63.7 Å². The Morgan fingerprint density at radius 2 is 1.32 bits per heavy atom. The van der Waals surface area contributed by atoms with Gasteiger partial charge in [-0.2, -0.15) is 13.2 Å². The lowest BCUT2D eigenvalue weighted by Gasteiger charge is -2.31. The van der Waals surface area contributed by atoms with Crippen LogP contribution in [0.25, 0.3) is 0 Å². The van der Waals surface area contributed by atoms with Gasteiger partial charge >= 0.3 is 18.1 Å². The molecule has 0 aliphatic heterocycles. The van der Waals surface area contributed by atoms with Crippen molar-refractivity contribution in [3.63, 3.8) is 0 Å². The molecular weight excluding hydrogens is 388 g/mol. The van der Waals surface area contributed by atoms with Crippen LogP contribution >= 0.6 is 0 Å². The summed E-state index contributed by atoms with van der Waals surface area (Å²) in [5.74, 6) is -7.86. The van der Waals surface area contributed by atoms with Crippen molar-refractivity contribution < 1.29 is 54.9 Å². The van der Waals surface area contributed by atoms with Gasteiger partial charge < -0.3 is 4.74 Å². The van der Waals surface area contributed by atoms with Gasteiger partial charge in [-0.25, -0.2) is 4.79 Å². The molecule has 0 amide bonds. The molecule has 0 unspecified atom stereocenters. The number of alkyl halides is 4. The molecule has 0 saturated carbocycles. The first-order valence-corrected chi connectivity index (χ1v) is 5.56. The molecule has 0 aromatic carbocycles. The maximum absolute atomic E-state index is 13.5. The molecule has 0 fully saturated rings. The smallest absolute Gasteiger partial charge is 0.455 e. The van der Waals surface area contributed by atoms with Gasteiger partial charge in [-0.3, -0.25) is 20.2 Å². The molecule has 0 N–H and O–H groups in total. The second-order valence-electron chi connectivity index (χ2n) is 4.26. The molecule has 0 spiro atoms. The van der Waals surface area contributed by atoms with Crippen molar-refractivity contribution in [2.45, 2.75) is 30.6 Å². The summed E-state index contributed by atoms with van der Waals surface area (Å²) in [6.07, 6.45) is -10.1. The second kappa shape index (κ2) is 7.68. The van der Waals surface area contributed by atoms with Crippen molar-refractivity contribution in [3.8, 4) is 0 Å². The topological polar surface area (TPSA) is 119 Å². The highest BCUT2D eigenvalue weighted by atomic mass is 19.4. The molecule has 0 bridgehead atoms. The van der Waals surface area contributed by atoms with Crippen LogP contribution in [0, 0.1) is 20.2 Å². The van der Waals surface area contributed by atoms with E-state index in [0.29, 0.717) is 0 Å². The number of nitro groups is 2. The molecule has 0 aliphatic carbocycles. The maximum Gasteiger partial charge on any atom is 0.613 e. The molecule has 0 aliphatic rings. The molecule has 18 heteroatoms. The largest absolute Gasteiger partial charge is 0.613 e. The third-order valence-corrected chi connectivity index (χ3v) is 2.70. The molecule has 25 heavy (non-hydrogen) atoms. The van der Waals surface area contributed by atoms with E-state index in [1.165, 1.54) is 0 Å². The molecule has 0 atom stereocenters. The summed E-state index contributed by atoms with van der Waals surface area (Å²) in [5.41, 5.74) is -4.32. The zero-order valence-corrected chi connectivity index (χ0v) is 11.4. The van der Waals surface area contributed by atoms with Gasteiger partial charge in [0, 0.05) is 6.42 Å². The highest BCUT2D eigenvalue weighted by Gasteiger charge is 2.61. The molecule has 0 aromatic rings. The Morgan fingerprint density at radius 1 is 0.920 bits per heavy atom. The summed E-state index contributed by atoms with van der Waals surface area (Å²) < 4.78 is 103. The quantitative estimate of drug-likeness (QED) is 0.111. The van der Waals surface area contributed by atoms with E-state index in [-0.39, 0.29) is 0 Å². The van der Waals surface area contributed by atoms with E-state index in [2.05, 4.69) is 4.74 Å². The summed E-state index contributed by atoms with van der Waals surface area (Å²) >= 11 is 0. The van der Waals surface area contributed by atoms with Gasteiger partial charge in [0.25, 0.3) is 0 Å². The number of esters is 1. The van der Waals surface area contributed by atoms with E-state index in [9.17, 15) is 60.5 Å². The van der Waals surface area contributed by atoms with Gasteiger partial charge in [0.1, 0.15) is 22.9 Å². The number of carbonyl (C=O) groups is 1. The van der Waals surface area contributed by atoms with Gasteiger partial charge in [0.15, 0.2) is 0 Å². The van der Waals surface area contributed by atoms with Gasteiger partial charge in [0.2, 0.25) is 5.66 Å². The van der Waals surface area contributed by atoms with Crippen LogP contribution in [-0.4, -0.2) is 50.9 Å². The zero-order chi connectivity index (χ0) is 20.2. The summed E-state index contributed by atoms with van der Waals surface area (Å²) in [7, 11) is 0. The minimum absolute atomic E-state index is 2.17. The number of hydrogen-bond acceptors (Lipinski definition) is 8. The predicted octanol–water partition coefficient (Wildman–Crippen LogP) is 1.89. The van der Waals surface area contributed by atoms with E-state index >= 15 is 0 Å². The molecule has 0 radical (unpaired) electrons. The Labute approximate surface area is 130 Å². The Hall–Kier alpha value is -2.37. The van der Waals surface area contributed by atoms with E-state index in [1.54, 1.807) is 0 Å². The van der Waals surface area contributed by atoms with E-state index in [0.717, 1.165) is 0 Å². The average molecular weight is 394 g/mol. The maximum atomic E-state index is 13.5. The first-order valence-electron chi connectivity index (χ1n) is 5.56. The lowest BCUT2D eigenvalue weighted by Crippen LogP contribution is -2.55. The minimum Gasteiger partial charge on any atom is -0.455 e. The van der Waals surface area contributed by atoms with Crippen molar-refractivity contribution >= 4 is 5.97 Å². The summed E-state index contributed by atoms with van der Waals surface area (Å²) in [6.45, 7) is -2.45. The standard InChI is InChI=1S/C7H6F8N4O6/c8-6(18(21)22,19(23)24)2-1-5(16(12)13,17(14)15)3-25-4(20)7(9,10)11/h1-3H2. The lowest BCUT2D eigenvalue weighted by molar-refractivity contribution is -0.832. The fourth-order valence-corrected chi connectivity index (χ4v) is 1.27. The Balaban J connectivity index is 5.54. The lowest BCUT2D eigenvalue weighted by atomic mass is 10.0. The molecule has 0 saturated heterocycles. The van der Waals surface area contributed by atoms with Crippen LogP contribution in [0.5, 0.6) is 0 Å². The molecule has 0 rings (SSSR count). The molecule has 10 nitrogen and oxygen atoms in total. The average Bonchev–Trinajstić information content (AvgIpc) is 2.44. The summed E-state index contributed by atoms with van der Waals surface area (Å²) in [5, 5.41) is 15.5. The van der Waals surface area contributed by atoms with Crippen LogP contribution in [0.2, 0.25) is 0 Å². The highest BCUT2D eigenvalue weighted by molar-refractivity contribution is 5.75. The Morgan fingerprint density at radius 3 is 1.60 bits per heavy atom. The van der Waals surface area contributed by atoms with Crippen LogP contribution in [-0.2, 0) is 9.53 Å². The molecule has 146 valence electrons. The Bertz CT molecular complexity index is 506. The van der Waals surface area contributed by atoms with Crippen molar-refractivity contribution in [2.75, 3.05) is 6.61 Å². The third-order valence-electron chi connectivity index (χ3n) is 2.70. The number of hydrogen-bond donors (Lipinski definition) is 0. The van der Waals surface area contributed by atoms with Crippen LogP contribution < -0.4 is 0 Å². The fraction of sp³-hybridized carbons (Fsp3) is 0.857. The summed E-state index contributed by atoms with van der Waals surface area (Å²) in [4.78, 5) is 26.5. The van der Waals surface area contributed by atoms with Crippen molar-refractivity contribution in [1.82, 2.24) is 10.7 Å². The number of nitrogens with zero attached hydrogens (tertiary/aromatic N) is 4. The van der Waals surface area contributed by atoms with Crippen LogP contribution in [0.4, 0.5) is 35.5 Å². The number of halogens is 8. The van der Waals surface area contributed by atoms with E-state index in [4.69, 9.17) is 0 Å². The second-order valence-corrected chi connectivity index (χ2v) is 4.26.